The van der Waals surface area contributed by atoms with Gasteiger partial charge in [0.25, 0.3) is 0 Å². The van der Waals surface area contributed by atoms with Gasteiger partial charge in [0, 0.05) is 36.1 Å². The molecule has 8 nitrogen and oxygen atoms in total. The normalized spacial score (nSPS) is 11.9. The second-order valence-electron chi connectivity index (χ2n) is 10.5. The minimum absolute atomic E-state index is 0.0395. The number of H-pyrrole nitrogens is 1. The lowest BCUT2D eigenvalue weighted by Gasteiger charge is -2.18. The first-order valence-electron chi connectivity index (χ1n) is 14.5. The number of rotatable bonds is 12. The van der Waals surface area contributed by atoms with Crippen molar-refractivity contribution in [3.05, 3.63) is 142 Å². The quantitative estimate of drug-likeness (QED) is 0.110. The summed E-state index contributed by atoms with van der Waals surface area (Å²) in [5.41, 5.74) is 4.80. The third-order valence-electron chi connectivity index (χ3n) is 7.50. The number of pyridine rings is 1. The van der Waals surface area contributed by atoms with Crippen molar-refractivity contribution >= 4 is 22.6 Å². The molecular weight excluding hydrogens is 540 g/mol. The molecule has 0 saturated carbocycles. The molecule has 5 aromatic rings. The van der Waals surface area contributed by atoms with E-state index in [0.29, 0.717) is 48.2 Å². The number of carbonyl (C=O) groups is 1. The molecular formula is C35H36N4O4. The summed E-state index contributed by atoms with van der Waals surface area (Å²) in [6.45, 7) is 1.44. The number of aliphatic hydroxyl groups excluding tert-OH is 1. The van der Waals surface area contributed by atoms with E-state index in [2.05, 4.69) is 45.2 Å². The van der Waals surface area contributed by atoms with E-state index in [9.17, 15) is 19.8 Å². The van der Waals surface area contributed by atoms with Crippen LogP contribution in [-0.4, -0.2) is 40.9 Å². The van der Waals surface area contributed by atoms with Gasteiger partial charge in [0.05, 0.1) is 11.6 Å². The average molecular weight is 577 g/mol. The van der Waals surface area contributed by atoms with E-state index in [4.69, 9.17) is 0 Å². The van der Waals surface area contributed by atoms with Gasteiger partial charge in [-0.1, -0.05) is 78.9 Å². The van der Waals surface area contributed by atoms with Crippen LogP contribution in [0.2, 0.25) is 0 Å². The Morgan fingerprint density at radius 1 is 0.814 bits per heavy atom. The zero-order valence-electron chi connectivity index (χ0n) is 23.8. The minimum Gasteiger partial charge on any atom is -0.506 e. The maximum absolute atomic E-state index is 12.7. The Hall–Kier alpha value is -4.92. The average Bonchev–Trinajstić information content (AvgIpc) is 3.03. The summed E-state index contributed by atoms with van der Waals surface area (Å²) in [6, 6.07) is 34.2. The Morgan fingerprint density at radius 3 is 2.26 bits per heavy atom. The van der Waals surface area contributed by atoms with Gasteiger partial charge >= 0.3 is 6.03 Å². The van der Waals surface area contributed by atoms with Crippen LogP contribution in [0.1, 0.15) is 40.7 Å². The Labute approximate surface area is 250 Å². The van der Waals surface area contributed by atoms with Gasteiger partial charge in [-0.15, -0.1) is 0 Å². The lowest BCUT2D eigenvalue weighted by atomic mass is 9.88. The van der Waals surface area contributed by atoms with E-state index in [1.807, 2.05) is 60.7 Å². The monoisotopic (exact) mass is 576 g/mol. The zero-order valence-corrected chi connectivity index (χ0v) is 23.8. The summed E-state index contributed by atoms with van der Waals surface area (Å²) < 4.78 is 0. The van der Waals surface area contributed by atoms with Crippen molar-refractivity contribution in [2.75, 3.05) is 25.0 Å². The molecule has 0 bridgehead atoms. The van der Waals surface area contributed by atoms with Gasteiger partial charge in [0.2, 0.25) is 5.56 Å². The first-order valence-corrected chi connectivity index (χ1v) is 14.5. The molecule has 0 radical (unpaired) electrons. The predicted molar refractivity (Wildman–Crippen MR) is 171 cm³/mol. The van der Waals surface area contributed by atoms with Gasteiger partial charge in [-0.25, -0.2) is 4.79 Å². The highest BCUT2D eigenvalue weighted by Crippen LogP contribution is 2.29. The van der Waals surface area contributed by atoms with E-state index in [0.717, 1.165) is 12.0 Å². The van der Waals surface area contributed by atoms with Crippen molar-refractivity contribution in [1.29, 1.82) is 0 Å². The summed E-state index contributed by atoms with van der Waals surface area (Å²) in [5, 5.41) is 30.6. The lowest BCUT2D eigenvalue weighted by molar-refractivity contribution is 0.176. The molecule has 0 aliphatic rings. The van der Waals surface area contributed by atoms with Crippen LogP contribution >= 0.6 is 0 Å². The fraction of sp³-hybridized carbons (Fsp3) is 0.200. The number of phenolic OH excluding ortho intramolecular Hbond substituents is 1. The first-order chi connectivity index (χ1) is 21.0. The summed E-state index contributed by atoms with van der Waals surface area (Å²) >= 11 is 0. The summed E-state index contributed by atoms with van der Waals surface area (Å²) in [7, 11) is 0. The van der Waals surface area contributed by atoms with Gasteiger partial charge in [0.1, 0.15) is 5.75 Å². The number of urea groups is 1. The molecule has 0 fully saturated rings. The number of aromatic nitrogens is 1. The number of hydrogen-bond acceptors (Lipinski definition) is 5. The van der Waals surface area contributed by atoms with Crippen LogP contribution in [0.4, 0.5) is 10.5 Å². The van der Waals surface area contributed by atoms with Gasteiger partial charge in [-0.3, -0.25) is 4.79 Å². The summed E-state index contributed by atoms with van der Waals surface area (Å²) in [4.78, 5) is 26.9. The topological polar surface area (TPSA) is 126 Å². The number of amides is 2. The van der Waals surface area contributed by atoms with Gasteiger partial charge in [-0.2, -0.15) is 0 Å². The van der Waals surface area contributed by atoms with Crippen LogP contribution < -0.4 is 21.5 Å². The number of nitrogens with one attached hydrogen (secondary N) is 4. The van der Waals surface area contributed by atoms with Crippen LogP contribution in [0, 0.1) is 0 Å². The fourth-order valence-electron chi connectivity index (χ4n) is 5.34. The number of anilines is 1. The van der Waals surface area contributed by atoms with Gasteiger partial charge in [-0.05, 0) is 65.9 Å². The molecule has 0 aliphatic carbocycles. The van der Waals surface area contributed by atoms with E-state index in [1.165, 1.54) is 23.3 Å². The number of benzene rings is 4. The number of phenols is 1. The van der Waals surface area contributed by atoms with E-state index in [-0.39, 0.29) is 23.3 Å². The molecule has 0 spiro atoms. The minimum atomic E-state index is -0.825. The predicted octanol–water partition coefficient (Wildman–Crippen LogP) is 5.44. The van der Waals surface area contributed by atoms with Crippen molar-refractivity contribution in [1.82, 2.24) is 15.6 Å². The summed E-state index contributed by atoms with van der Waals surface area (Å²) in [6.07, 6.45) is 0.648. The fourth-order valence-corrected chi connectivity index (χ4v) is 5.34. The van der Waals surface area contributed by atoms with Crippen molar-refractivity contribution in [2.45, 2.75) is 24.9 Å². The van der Waals surface area contributed by atoms with Crippen LogP contribution in [0.3, 0.4) is 0 Å². The second-order valence-corrected chi connectivity index (χ2v) is 10.5. The van der Waals surface area contributed by atoms with Crippen molar-refractivity contribution in [3.63, 3.8) is 0 Å². The number of carbonyl (C=O) groups excluding carboxylic acids is 1. The number of aromatic amines is 1. The largest absolute Gasteiger partial charge is 0.506 e. The zero-order chi connectivity index (χ0) is 30.0. The van der Waals surface area contributed by atoms with Crippen LogP contribution in [0.5, 0.6) is 5.75 Å². The van der Waals surface area contributed by atoms with E-state index in [1.54, 1.807) is 12.1 Å². The Kier molecular flexibility index (Phi) is 9.84. The van der Waals surface area contributed by atoms with Crippen molar-refractivity contribution < 1.29 is 15.0 Å². The first kappa shape index (κ1) is 29.6. The summed E-state index contributed by atoms with van der Waals surface area (Å²) in [5.74, 6) is 0.149. The molecule has 0 saturated heterocycles. The molecule has 4 aromatic carbocycles. The Balaban J connectivity index is 1.09. The number of fused-ring (bicyclic) bond motifs is 1. The molecule has 2 amide bonds. The maximum atomic E-state index is 12.7. The number of hydrogen-bond donors (Lipinski definition) is 6. The number of aromatic hydroxyl groups is 1. The molecule has 6 N–H and O–H groups in total. The van der Waals surface area contributed by atoms with E-state index < -0.39 is 6.10 Å². The molecule has 0 aliphatic heterocycles. The van der Waals surface area contributed by atoms with E-state index >= 15 is 0 Å². The molecule has 1 aromatic heterocycles. The number of aliphatic hydroxyl groups is 1. The molecule has 220 valence electrons. The van der Waals surface area contributed by atoms with Crippen LogP contribution in [0.25, 0.3) is 10.9 Å². The van der Waals surface area contributed by atoms with Crippen LogP contribution in [0.15, 0.2) is 114 Å². The molecule has 8 heteroatoms. The van der Waals surface area contributed by atoms with Gasteiger partial charge in [0.15, 0.2) is 0 Å². The Morgan fingerprint density at radius 2 is 1.53 bits per heavy atom. The highest BCUT2D eigenvalue weighted by Gasteiger charge is 2.15. The standard InChI is InChI=1S/C35H36N4O4/c40-31-16-14-29(30-15-17-33(42)39-34(30)31)32(41)23-36-20-18-24-8-7-13-27(22-24)38-35(43)37-21-19-28(25-9-3-1-4-10-25)26-11-5-2-6-12-26/h1-17,22,28,32,36,40-41H,18-21,23H2,(H,39,42)(H2,37,38,43)/t32-/m0/s1. The lowest BCUT2D eigenvalue weighted by Crippen LogP contribution is -2.30. The van der Waals surface area contributed by atoms with Crippen molar-refractivity contribution in [2.24, 2.45) is 0 Å². The van der Waals surface area contributed by atoms with Crippen molar-refractivity contribution in [3.8, 4) is 5.75 Å². The van der Waals surface area contributed by atoms with Crippen LogP contribution in [-0.2, 0) is 6.42 Å². The molecule has 5 rings (SSSR count). The van der Waals surface area contributed by atoms with Gasteiger partial charge < -0.3 is 31.1 Å². The second kappa shape index (κ2) is 14.3. The molecule has 0 unspecified atom stereocenters. The Bertz CT molecular complexity index is 1670. The molecule has 1 heterocycles. The third-order valence-corrected chi connectivity index (χ3v) is 7.50. The molecule has 1 atom stereocenters. The highest BCUT2D eigenvalue weighted by molar-refractivity contribution is 5.89. The molecule has 43 heavy (non-hydrogen) atoms. The highest BCUT2D eigenvalue weighted by atomic mass is 16.3. The SMILES string of the molecule is O=C(NCCC(c1ccccc1)c1ccccc1)Nc1cccc(CCNC[C@H](O)c2ccc(O)c3[nH]c(=O)ccc23)c1. The third kappa shape index (κ3) is 7.88. The smallest absolute Gasteiger partial charge is 0.319 e. The maximum Gasteiger partial charge on any atom is 0.319 e.